The van der Waals surface area contributed by atoms with Crippen LogP contribution in [0.3, 0.4) is 0 Å². The molecule has 3 aromatic carbocycles. The van der Waals surface area contributed by atoms with E-state index in [0.29, 0.717) is 11.3 Å². The summed E-state index contributed by atoms with van der Waals surface area (Å²) >= 11 is 0. The van der Waals surface area contributed by atoms with Gasteiger partial charge in [-0.25, -0.2) is 4.79 Å². The van der Waals surface area contributed by atoms with E-state index in [1.165, 1.54) is 12.1 Å². The van der Waals surface area contributed by atoms with Crippen LogP contribution in [0.15, 0.2) is 72.8 Å². The molecule has 0 spiro atoms. The fourth-order valence-electron chi connectivity index (χ4n) is 2.39. The molecule has 0 aromatic heterocycles. The number of benzene rings is 3. The van der Waals surface area contributed by atoms with Crippen molar-refractivity contribution in [3.05, 3.63) is 83.9 Å². The maximum absolute atomic E-state index is 11.0. The second-order valence-electron chi connectivity index (χ2n) is 5.34. The fourth-order valence-corrected chi connectivity index (χ4v) is 2.39. The normalized spacial score (nSPS) is 10.3. The lowest BCUT2D eigenvalue weighted by Gasteiger charge is -2.09. The van der Waals surface area contributed by atoms with Crippen molar-refractivity contribution < 1.29 is 19.7 Å². The molecule has 24 heavy (non-hydrogen) atoms. The molecule has 0 amide bonds. The van der Waals surface area contributed by atoms with Crippen molar-refractivity contribution in [3.63, 3.8) is 0 Å². The monoisotopic (exact) mass is 320 g/mol. The first kappa shape index (κ1) is 15.6. The van der Waals surface area contributed by atoms with Crippen molar-refractivity contribution in [2.75, 3.05) is 0 Å². The molecule has 0 radical (unpaired) electrons. The smallest absolute Gasteiger partial charge is 0.339 e. The molecule has 0 aliphatic carbocycles. The van der Waals surface area contributed by atoms with E-state index in [1.54, 1.807) is 6.07 Å². The number of hydrogen-bond donors (Lipinski definition) is 2. The van der Waals surface area contributed by atoms with Gasteiger partial charge >= 0.3 is 5.97 Å². The summed E-state index contributed by atoms with van der Waals surface area (Å²) in [6.07, 6.45) is 0. The Hall–Kier alpha value is -3.27. The van der Waals surface area contributed by atoms with E-state index >= 15 is 0 Å². The van der Waals surface area contributed by atoms with Crippen LogP contribution in [0, 0.1) is 0 Å². The minimum Gasteiger partial charge on any atom is -0.507 e. The summed E-state index contributed by atoms with van der Waals surface area (Å²) in [6.45, 7) is 0.227. The summed E-state index contributed by atoms with van der Waals surface area (Å²) in [6, 6.07) is 22.2. The Labute approximate surface area is 139 Å². The van der Waals surface area contributed by atoms with Crippen molar-refractivity contribution in [1.82, 2.24) is 0 Å². The first-order chi connectivity index (χ1) is 11.6. The van der Waals surface area contributed by atoms with Gasteiger partial charge in [-0.05, 0) is 41.0 Å². The number of ether oxygens (including phenoxy) is 1. The highest BCUT2D eigenvalue weighted by atomic mass is 16.5. The number of rotatable bonds is 5. The predicted octanol–water partition coefficient (Wildman–Crippen LogP) is 4.34. The highest BCUT2D eigenvalue weighted by Crippen LogP contribution is 2.23. The molecule has 0 aliphatic heterocycles. The SMILES string of the molecule is O=C(O)c1cc(COc2ccc(-c3ccccc3)cc2)ccc1O. The van der Waals surface area contributed by atoms with Crippen LogP contribution < -0.4 is 4.74 Å². The number of carboxylic acid groups (broad SMARTS) is 1. The lowest BCUT2D eigenvalue weighted by Crippen LogP contribution is -2.01. The molecule has 0 aliphatic rings. The third-order valence-corrected chi connectivity index (χ3v) is 3.66. The van der Waals surface area contributed by atoms with E-state index in [0.717, 1.165) is 11.1 Å². The van der Waals surface area contributed by atoms with Crippen molar-refractivity contribution in [2.45, 2.75) is 6.61 Å². The molecule has 0 atom stereocenters. The van der Waals surface area contributed by atoms with Gasteiger partial charge in [0.1, 0.15) is 23.7 Å². The Morgan fingerprint density at radius 1 is 0.875 bits per heavy atom. The molecule has 0 unspecified atom stereocenters. The van der Waals surface area contributed by atoms with Gasteiger partial charge in [-0.1, -0.05) is 48.5 Å². The average Bonchev–Trinajstić information content (AvgIpc) is 2.62. The van der Waals surface area contributed by atoms with E-state index in [4.69, 9.17) is 9.84 Å². The van der Waals surface area contributed by atoms with Crippen LogP contribution in [0.1, 0.15) is 15.9 Å². The van der Waals surface area contributed by atoms with Crippen molar-refractivity contribution in [3.8, 4) is 22.6 Å². The zero-order valence-corrected chi connectivity index (χ0v) is 12.8. The van der Waals surface area contributed by atoms with Crippen LogP contribution in [0.25, 0.3) is 11.1 Å². The Morgan fingerprint density at radius 2 is 1.54 bits per heavy atom. The van der Waals surface area contributed by atoms with Gasteiger partial charge in [0.05, 0.1) is 0 Å². The second kappa shape index (κ2) is 6.87. The predicted molar refractivity (Wildman–Crippen MR) is 91.3 cm³/mol. The number of hydrogen-bond acceptors (Lipinski definition) is 3. The average molecular weight is 320 g/mol. The number of aromatic hydroxyl groups is 1. The molecule has 0 saturated carbocycles. The first-order valence-corrected chi connectivity index (χ1v) is 7.47. The molecular weight excluding hydrogens is 304 g/mol. The van der Waals surface area contributed by atoms with E-state index in [9.17, 15) is 9.90 Å². The second-order valence-corrected chi connectivity index (χ2v) is 5.34. The van der Waals surface area contributed by atoms with E-state index < -0.39 is 5.97 Å². The molecule has 3 aromatic rings. The minimum absolute atomic E-state index is 0.129. The third kappa shape index (κ3) is 3.55. The summed E-state index contributed by atoms with van der Waals surface area (Å²) in [7, 11) is 0. The molecule has 120 valence electrons. The van der Waals surface area contributed by atoms with Gasteiger partial charge in [-0.15, -0.1) is 0 Å². The maximum atomic E-state index is 11.0. The largest absolute Gasteiger partial charge is 0.507 e. The number of carboxylic acids is 1. The van der Waals surface area contributed by atoms with Crippen LogP contribution in [-0.2, 0) is 6.61 Å². The Balaban J connectivity index is 1.69. The molecular formula is C20H16O4. The zero-order chi connectivity index (χ0) is 16.9. The molecule has 0 fully saturated rings. The third-order valence-electron chi connectivity index (χ3n) is 3.66. The molecule has 4 heteroatoms. The maximum Gasteiger partial charge on any atom is 0.339 e. The topological polar surface area (TPSA) is 66.8 Å². The molecule has 0 bridgehead atoms. The molecule has 0 heterocycles. The summed E-state index contributed by atoms with van der Waals surface area (Å²) in [5.74, 6) is -0.723. The molecule has 0 saturated heterocycles. The van der Waals surface area contributed by atoms with Gasteiger partial charge < -0.3 is 14.9 Å². The van der Waals surface area contributed by atoms with Crippen molar-refractivity contribution >= 4 is 5.97 Å². The standard InChI is InChI=1S/C20H16O4/c21-19-11-6-14(12-18(19)20(22)23)13-24-17-9-7-16(8-10-17)15-4-2-1-3-5-15/h1-12,21H,13H2,(H,22,23). The zero-order valence-electron chi connectivity index (χ0n) is 12.8. The van der Waals surface area contributed by atoms with Gasteiger partial charge in [-0.2, -0.15) is 0 Å². The lowest BCUT2D eigenvalue weighted by molar-refractivity contribution is 0.0693. The summed E-state index contributed by atoms with van der Waals surface area (Å²) in [4.78, 5) is 11.0. The minimum atomic E-state index is -1.17. The quantitative estimate of drug-likeness (QED) is 0.734. The van der Waals surface area contributed by atoms with Gasteiger partial charge in [0.15, 0.2) is 0 Å². The lowest BCUT2D eigenvalue weighted by atomic mass is 10.1. The number of carbonyl (C=O) groups is 1. The van der Waals surface area contributed by atoms with E-state index in [1.807, 2.05) is 54.6 Å². The number of aromatic carboxylic acids is 1. The van der Waals surface area contributed by atoms with E-state index in [-0.39, 0.29) is 17.9 Å². The highest BCUT2D eigenvalue weighted by molar-refractivity contribution is 5.90. The van der Waals surface area contributed by atoms with Gasteiger partial charge in [-0.3, -0.25) is 0 Å². The van der Waals surface area contributed by atoms with Crippen molar-refractivity contribution in [2.24, 2.45) is 0 Å². The van der Waals surface area contributed by atoms with Crippen LogP contribution in [0.5, 0.6) is 11.5 Å². The van der Waals surface area contributed by atoms with Gasteiger partial charge in [0.2, 0.25) is 0 Å². The van der Waals surface area contributed by atoms with Gasteiger partial charge in [0.25, 0.3) is 0 Å². The van der Waals surface area contributed by atoms with Crippen molar-refractivity contribution in [1.29, 1.82) is 0 Å². The van der Waals surface area contributed by atoms with Crippen LogP contribution in [0.4, 0.5) is 0 Å². The molecule has 4 nitrogen and oxygen atoms in total. The van der Waals surface area contributed by atoms with Crippen LogP contribution in [-0.4, -0.2) is 16.2 Å². The Bertz CT molecular complexity index is 839. The summed E-state index contributed by atoms with van der Waals surface area (Å²) in [5, 5.41) is 18.5. The summed E-state index contributed by atoms with van der Waals surface area (Å²) < 4.78 is 5.68. The first-order valence-electron chi connectivity index (χ1n) is 7.47. The Kier molecular flexibility index (Phi) is 4.47. The molecule has 2 N–H and O–H groups in total. The Morgan fingerprint density at radius 3 is 2.21 bits per heavy atom. The summed E-state index contributed by atoms with van der Waals surface area (Å²) in [5.41, 5.74) is 2.78. The molecule has 3 rings (SSSR count). The van der Waals surface area contributed by atoms with Gasteiger partial charge in [0, 0.05) is 0 Å². The highest BCUT2D eigenvalue weighted by Gasteiger charge is 2.10. The van der Waals surface area contributed by atoms with E-state index in [2.05, 4.69) is 0 Å². The van der Waals surface area contributed by atoms with Crippen LogP contribution in [0.2, 0.25) is 0 Å². The number of phenols is 1. The van der Waals surface area contributed by atoms with Crippen LogP contribution >= 0.6 is 0 Å². The fraction of sp³-hybridized carbons (Fsp3) is 0.0500.